The molecule has 5 N–H and O–H groups in total. The number of aliphatic hydroxyl groups excluding tert-OH is 5. The Morgan fingerprint density at radius 1 is 1.10 bits per heavy atom. The van der Waals surface area contributed by atoms with Crippen molar-refractivity contribution in [2.75, 3.05) is 26.4 Å². The lowest BCUT2D eigenvalue weighted by Gasteiger charge is -2.39. The average molecular weight is 310 g/mol. The second-order valence-corrected chi connectivity index (χ2v) is 5.11. The highest BCUT2D eigenvalue weighted by atomic mass is 16.7. The van der Waals surface area contributed by atoms with E-state index in [4.69, 9.17) is 19.3 Å². The Labute approximate surface area is 123 Å². The standard InChI is InChI=1S/C13H26O8/c1-2-3-4-19-6-8(15)7-20-13-12(18)11(17)10(16)9(5-14)21-13/h8-18H,2-7H2,1H3/t8?,9-,10-,11+,12-,13-/m1/s1. The Balaban J connectivity index is 2.32. The lowest BCUT2D eigenvalue weighted by molar-refractivity contribution is -0.305. The summed E-state index contributed by atoms with van der Waals surface area (Å²) >= 11 is 0. The minimum atomic E-state index is -1.49. The smallest absolute Gasteiger partial charge is 0.186 e. The molecule has 8 heteroatoms. The van der Waals surface area contributed by atoms with Gasteiger partial charge in [-0.2, -0.15) is 0 Å². The van der Waals surface area contributed by atoms with Gasteiger partial charge in [-0.1, -0.05) is 13.3 Å². The largest absolute Gasteiger partial charge is 0.394 e. The van der Waals surface area contributed by atoms with Gasteiger partial charge in [-0.3, -0.25) is 0 Å². The van der Waals surface area contributed by atoms with Crippen molar-refractivity contribution in [2.45, 2.75) is 56.6 Å². The third kappa shape index (κ3) is 5.76. The van der Waals surface area contributed by atoms with Crippen molar-refractivity contribution in [3.63, 3.8) is 0 Å². The van der Waals surface area contributed by atoms with Crippen LogP contribution in [0.5, 0.6) is 0 Å². The van der Waals surface area contributed by atoms with Gasteiger partial charge >= 0.3 is 0 Å². The molecule has 0 amide bonds. The highest BCUT2D eigenvalue weighted by Crippen LogP contribution is 2.21. The van der Waals surface area contributed by atoms with Crippen LogP contribution in [-0.2, 0) is 14.2 Å². The van der Waals surface area contributed by atoms with Crippen LogP contribution in [-0.4, -0.2) is 88.8 Å². The molecular formula is C13H26O8. The van der Waals surface area contributed by atoms with Crippen molar-refractivity contribution in [1.29, 1.82) is 0 Å². The third-order valence-electron chi connectivity index (χ3n) is 3.25. The first-order chi connectivity index (χ1) is 10.0. The molecule has 8 nitrogen and oxygen atoms in total. The minimum Gasteiger partial charge on any atom is -0.394 e. The van der Waals surface area contributed by atoms with E-state index < -0.39 is 43.4 Å². The van der Waals surface area contributed by atoms with Crippen LogP contribution in [0.15, 0.2) is 0 Å². The predicted molar refractivity (Wildman–Crippen MR) is 71.5 cm³/mol. The van der Waals surface area contributed by atoms with Gasteiger partial charge in [0.15, 0.2) is 6.29 Å². The molecule has 0 aromatic carbocycles. The third-order valence-corrected chi connectivity index (χ3v) is 3.25. The molecule has 1 fully saturated rings. The van der Waals surface area contributed by atoms with Crippen molar-refractivity contribution in [1.82, 2.24) is 0 Å². The molecule has 1 heterocycles. The van der Waals surface area contributed by atoms with Gasteiger partial charge in [0.2, 0.25) is 0 Å². The van der Waals surface area contributed by atoms with E-state index >= 15 is 0 Å². The molecule has 1 saturated heterocycles. The molecule has 1 rings (SSSR count). The fourth-order valence-corrected chi connectivity index (χ4v) is 1.92. The van der Waals surface area contributed by atoms with E-state index in [0.717, 1.165) is 12.8 Å². The Bertz CT molecular complexity index is 275. The molecule has 1 aliphatic rings. The first-order valence-electron chi connectivity index (χ1n) is 7.19. The summed E-state index contributed by atoms with van der Waals surface area (Å²) in [4.78, 5) is 0. The first kappa shape index (κ1) is 18.7. The lowest BCUT2D eigenvalue weighted by Crippen LogP contribution is -2.59. The van der Waals surface area contributed by atoms with Crippen molar-refractivity contribution < 1.29 is 39.7 Å². The zero-order valence-corrected chi connectivity index (χ0v) is 12.2. The predicted octanol–water partition coefficient (Wildman–Crippen LogP) is -2.02. The number of hydrogen-bond acceptors (Lipinski definition) is 8. The summed E-state index contributed by atoms with van der Waals surface area (Å²) < 4.78 is 15.5. The van der Waals surface area contributed by atoms with E-state index in [1.54, 1.807) is 0 Å². The maximum atomic E-state index is 9.73. The molecule has 21 heavy (non-hydrogen) atoms. The summed E-state index contributed by atoms with van der Waals surface area (Å²) in [5.41, 5.74) is 0. The van der Waals surface area contributed by atoms with Crippen LogP contribution in [0.3, 0.4) is 0 Å². The fraction of sp³-hybridized carbons (Fsp3) is 1.00. The first-order valence-corrected chi connectivity index (χ1v) is 7.19. The van der Waals surface area contributed by atoms with E-state index in [2.05, 4.69) is 0 Å². The molecule has 6 atom stereocenters. The molecule has 1 unspecified atom stereocenters. The Kier molecular flexibility index (Phi) is 8.60. The van der Waals surface area contributed by atoms with Crippen molar-refractivity contribution in [3.05, 3.63) is 0 Å². The van der Waals surface area contributed by atoms with Gasteiger partial charge < -0.3 is 39.7 Å². The maximum Gasteiger partial charge on any atom is 0.186 e. The molecule has 126 valence electrons. The van der Waals surface area contributed by atoms with Crippen LogP contribution in [0.4, 0.5) is 0 Å². The number of rotatable bonds is 9. The van der Waals surface area contributed by atoms with E-state index in [-0.39, 0.29) is 13.2 Å². The van der Waals surface area contributed by atoms with E-state index in [1.807, 2.05) is 6.92 Å². The van der Waals surface area contributed by atoms with Gasteiger partial charge in [-0.25, -0.2) is 0 Å². The summed E-state index contributed by atoms with van der Waals surface area (Å²) in [5.74, 6) is 0. The molecule has 0 aliphatic carbocycles. The van der Waals surface area contributed by atoms with Gasteiger partial charge in [0.25, 0.3) is 0 Å². The molecule has 0 saturated carbocycles. The Hall–Kier alpha value is -0.320. The number of ether oxygens (including phenoxy) is 3. The highest BCUT2D eigenvalue weighted by Gasteiger charge is 2.44. The van der Waals surface area contributed by atoms with E-state index in [9.17, 15) is 20.4 Å². The normalized spacial score (nSPS) is 34.9. The Morgan fingerprint density at radius 3 is 2.43 bits per heavy atom. The quantitative estimate of drug-likeness (QED) is 0.309. The highest BCUT2D eigenvalue weighted by molar-refractivity contribution is 4.88. The monoisotopic (exact) mass is 310 g/mol. The topological polar surface area (TPSA) is 129 Å². The fourth-order valence-electron chi connectivity index (χ4n) is 1.92. The molecule has 0 aromatic heterocycles. The summed E-state index contributed by atoms with van der Waals surface area (Å²) in [6, 6.07) is 0. The second kappa shape index (κ2) is 9.65. The van der Waals surface area contributed by atoms with Crippen molar-refractivity contribution in [3.8, 4) is 0 Å². The SMILES string of the molecule is CCCCOCC(O)CO[C@@H]1O[C@H](CO)[C@@H](O)[C@H](O)[C@H]1O. The van der Waals surface area contributed by atoms with Crippen LogP contribution in [0.25, 0.3) is 0 Å². The van der Waals surface area contributed by atoms with Gasteiger partial charge in [0.1, 0.15) is 30.5 Å². The number of hydrogen-bond donors (Lipinski definition) is 5. The maximum absolute atomic E-state index is 9.73. The molecule has 0 spiro atoms. The molecule has 0 bridgehead atoms. The zero-order chi connectivity index (χ0) is 15.8. The van der Waals surface area contributed by atoms with Crippen LogP contribution in [0.2, 0.25) is 0 Å². The van der Waals surface area contributed by atoms with Crippen molar-refractivity contribution >= 4 is 0 Å². The minimum absolute atomic E-state index is 0.0947. The lowest BCUT2D eigenvalue weighted by atomic mass is 9.99. The van der Waals surface area contributed by atoms with Crippen LogP contribution >= 0.6 is 0 Å². The van der Waals surface area contributed by atoms with Gasteiger partial charge in [-0.15, -0.1) is 0 Å². The van der Waals surface area contributed by atoms with Crippen molar-refractivity contribution in [2.24, 2.45) is 0 Å². The van der Waals surface area contributed by atoms with Gasteiger partial charge in [0.05, 0.1) is 19.8 Å². The number of unbranched alkanes of at least 4 members (excludes halogenated alkanes) is 1. The Morgan fingerprint density at radius 2 is 1.81 bits per heavy atom. The molecular weight excluding hydrogens is 284 g/mol. The van der Waals surface area contributed by atoms with Crippen LogP contribution in [0.1, 0.15) is 19.8 Å². The average Bonchev–Trinajstić information content (AvgIpc) is 2.48. The van der Waals surface area contributed by atoms with Crippen LogP contribution < -0.4 is 0 Å². The summed E-state index contributed by atoms with van der Waals surface area (Å²) in [7, 11) is 0. The van der Waals surface area contributed by atoms with E-state index in [0.29, 0.717) is 6.61 Å². The second-order valence-electron chi connectivity index (χ2n) is 5.11. The number of aliphatic hydroxyl groups is 5. The summed E-state index contributed by atoms with van der Waals surface area (Å²) in [6.07, 6.45) is -5.62. The van der Waals surface area contributed by atoms with Gasteiger partial charge in [0, 0.05) is 6.61 Å². The molecule has 1 aliphatic heterocycles. The van der Waals surface area contributed by atoms with Gasteiger partial charge in [-0.05, 0) is 6.42 Å². The zero-order valence-electron chi connectivity index (χ0n) is 12.2. The summed E-state index contributed by atoms with van der Waals surface area (Å²) in [6.45, 7) is 2.00. The van der Waals surface area contributed by atoms with E-state index in [1.165, 1.54) is 0 Å². The summed E-state index contributed by atoms with van der Waals surface area (Å²) in [5, 5.41) is 47.6. The molecule has 0 radical (unpaired) electrons. The molecule has 0 aromatic rings. The van der Waals surface area contributed by atoms with Crippen LogP contribution in [0, 0.1) is 0 Å².